The minimum absolute atomic E-state index is 0.0201. The van der Waals surface area contributed by atoms with Crippen LogP contribution in [0.2, 0.25) is 10.0 Å². The minimum atomic E-state index is -0.562. The molecule has 0 aromatic heterocycles. The summed E-state index contributed by atoms with van der Waals surface area (Å²) in [6.45, 7) is 2.00. The summed E-state index contributed by atoms with van der Waals surface area (Å²) in [5.74, 6) is 0.0201. The lowest BCUT2D eigenvalue weighted by Gasteiger charge is -2.06. The van der Waals surface area contributed by atoms with Crippen molar-refractivity contribution < 1.29 is 9.66 Å². The van der Waals surface area contributed by atoms with Crippen LogP contribution in [0.5, 0.6) is 5.75 Å². The average molecular weight is 236 g/mol. The summed E-state index contributed by atoms with van der Waals surface area (Å²) in [5.41, 5.74) is -0.179. The molecule has 14 heavy (non-hydrogen) atoms. The monoisotopic (exact) mass is 235 g/mol. The van der Waals surface area contributed by atoms with Crippen molar-refractivity contribution in [2.24, 2.45) is 0 Å². The van der Waals surface area contributed by atoms with E-state index in [0.29, 0.717) is 6.61 Å². The van der Waals surface area contributed by atoms with Crippen molar-refractivity contribution in [1.82, 2.24) is 0 Å². The van der Waals surface area contributed by atoms with E-state index in [-0.39, 0.29) is 21.5 Å². The molecule has 1 aromatic carbocycles. The summed E-state index contributed by atoms with van der Waals surface area (Å²) in [6.07, 6.45) is 0. The SMILES string of the molecule is CCOc1c([N+](=O)[O-])ccc(Cl)c1Cl. The fourth-order valence-electron chi connectivity index (χ4n) is 0.947. The van der Waals surface area contributed by atoms with Crippen LogP contribution in [0.1, 0.15) is 6.92 Å². The standard InChI is InChI=1S/C8H7Cl2NO3/c1-2-14-8-6(11(12)13)4-3-5(9)7(8)10/h3-4H,2H2,1H3. The van der Waals surface area contributed by atoms with Gasteiger partial charge in [0.15, 0.2) is 0 Å². The molecule has 0 aliphatic heterocycles. The number of halogens is 2. The quantitative estimate of drug-likeness (QED) is 0.597. The van der Waals surface area contributed by atoms with Crippen molar-refractivity contribution in [2.45, 2.75) is 6.92 Å². The van der Waals surface area contributed by atoms with Crippen LogP contribution in [0.3, 0.4) is 0 Å². The van der Waals surface area contributed by atoms with E-state index < -0.39 is 4.92 Å². The maximum Gasteiger partial charge on any atom is 0.312 e. The fraction of sp³-hybridized carbons (Fsp3) is 0.250. The van der Waals surface area contributed by atoms with Crippen LogP contribution in [-0.2, 0) is 0 Å². The average Bonchev–Trinajstić information content (AvgIpc) is 2.13. The number of benzene rings is 1. The van der Waals surface area contributed by atoms with Gasteiger partial charge in [-0.05, 0) is 13.0 Å². The van der Waals surface area contributed by atoms with Gasteiger partial charge >= 0.3 is 5.69 Å². The Balaban J connectivity index is 3.29. The maximum atomic E-state index is 10.6. The summed E-state index contributed by atoms with van der Waals surface area (Å²) in [4.78, 5) is 10.0. The predicted octanol–water partition coefficient (Wildman–Crippen LogP) is 3.30. The molecule has 0 amide bonds. The molecule has 0 saturated carbocycles. The number of nitro groups is 1. The third kappa shape index (κ3) is 2.08. The lowest BCUT2D eigenvalue weighted by atomic mass is 10.3. The van der Waals surface area contributed by atoms with Crippen molar-refractivity contribution >= 4 is 28.9 Å². The van der Waals surface area contributed by atoms with Gasteiger partial charge in [0.05, 0.1) is 16.6 Å². The first kappa shape index (κ1) is 11.1. The van der Waals surface area contributed by atoms with E-state index in [2.05, 4.69) is 0 Å². The van der Waals surface area contributed by atoms with Gasteiger partial charge in [0, 0.05) is 6.07 Å². The lowest BCUT2D eigenvalue weighted by Crippen LogP contribution is -1.98. The molecule has 0 atom stereocenters. The Bertz CT molecular complexity index is 368. The van der Waals surface area contributed by atoms with Crippen LogP contribution < -0.4 is 4.74 Å². The molecule has 6 heteroatoms. The second kappa shape index (κ2) is 4.48. The Labute approximate surface area is 90.5 Å². The van der Waals surface area contributed by atoms with Gasteiger partial charge in [-0.25, -0.2) is 0 Å². The Morgan fingerprint density at radius 1 is 1.50 bits per heavy atom. The van der Waals surface area contributed by atoms with Crippen LogP contribution in [0.25, 0.3) is 0 Å². The van der Waals surface area contributed by atoms with E-state index in [1.165, 1.54) is 12.1 Å². The minimum Gasteiger partial charge on any atom is -0.486 e. The molecule has 0 aliphatic carbocycles. The number of hydrogen-bond acceptors (Lipinski definition) is 3. The number of rotatable bonds is 3. The first-order valence-electron chi connectivity index (χ1n) is 3.83. The number of nitrogens with zero attached hydrogens (tertiary/aromatic N) is 1. The molecule has 76 valence electrons. The number of nitro benzene ring substituents is 1. The Kier molecular flexibility index (Phi) is 3.55. The van der Waals surface area contributed by atoms with Crippen molar-refractivity contribution in [3.8, 4) is 5.75 Å². The largest absolute Gasteiger partial charge is 0.486 e. The topological polar surface area (TPSA) is 52.4 Å². The summed E-state index contributed by atoms with van der Waals surface area (Å²) in [5, 5.41) is 10.9. The van der Waals surface area contributed by atoms with Gasteiger partial charge in [-0.1, -0.05) is 23.2 Å². The van der Waals surface area contributed by atoms with Gasteiger partial charge in [-0.2, -0.15) is 0 Å². The van der Waals surface area contributed by atoms with Crippen LogP contribution >= 0.6 is 23.2 Å². The van der Waals surface area contributed by atoms with Crippen LogP contribution in [0.15, 0.2) is 12.1 Å². The van der Waals surface area contributed by atoms with E-state index in [9.17, 15) is 10.1 Å². The molecule has 0 radical (unpaired) electrons. The van der Waals surface area contributed by atoms with Crippen molar-refractivity contribution in [2.75, 3.05) is 6.61 Å². The highest BCUT2D eigenvalue weighted by molar-refractivity contribution is 6.43. The second-order valence-electron chi connectivity index (χ2n) is 2.40. The smallest absolute Gasteiger partial charge is 0.312 e. The van der Waals surface area contributed by atoms with Gasteiger partial charge in [0.25, 0.3) is 0 Å². The van der Waals surface area contributed by atoms with Gasteiger partial charge in [-0.15, -0.1) is 0 Å². The molecular formula is C8H7Cl2NO3. The van der Waals surface area contributed by atoms with Crippen LogP contribution in [0, 0.1) is 10.1 Å². The molecule has 0 unspecified atom stereocenters. The maximum absolute atomic E-state index is 10.6. The van der Waals surface area contributed by atoms with E-state index in [1.807, 2.05) is 0 Å². The second-order valence-corrected chi connectivity index (χ2v) is 3.18. The highest BCUT2D eigenvalue weighted by Crippen LogP contribution is 2.39. The van der Waals surface area contributed by atoms with Gasteiger partial charge in [0.1, 0.15) is 5.02 Å². The zero-order valence-corrected chi connectivity index (χ0v) is 8.80. The van der Waals surface area contributed by atoms with E-state index >= 15 is 0 Å². The highest BCUT2D eigenvalue weighted by Gasteiger charge is 2.20. The molecule has 0 fully saturated rings. The van der Waals surface area contributed by atoms with Crippen molar-refractivity contribution in [1.29, 1.82) is 0 Å². The Hall–Kier alpha value is -1.000. The molecule has 0 spiro atoms. The van der Waals surface area contributed by atoms with E-state index in [0.717, 1.165) is 0 Å². The van der Waals surface area contributed by atoms with E-state index in [4.69, 9.17) is 27.9 Å². The number of ether oxygens (including phenoxy) is 1. The molecule has 1 aromatic rings. The molecule has 0 bridgehead atoms. The first-order valence-corrected chi connectivity index (χ1v) is 4.58. The predicted molar refractivity (Wildman–Crippen MR) is 54.3 cm³/mol. The molecule has 4 nitrogen and oxygen atoms in total. The van der Waals surface area contributed by atoms with Gasteiger partial charge in [-0.3, -0.25) is 10.1 Å². The Morgan fingerprint density at radius 3 is 2.64 bits per heavy atom. The normalized spacial score (nSPS) is 9.93. The summed E-state index contributed by atoms with van der Waals surface area (Å²) in [7, 11) is 0. The third-order valence-electron chi connectivity index (χ3n) is 1.51. The van der Waals surface area contributed by atoms with Gasteiger partial charge < -0.3 is 4.74 Å². The summed E-state index contributed by atoms with van der Waals surface area (Å²) < 4.78 is 5.05. The van der Waals surface area contributed by atoms with Crippen molar-refractivity contribution in [3.05, 3.63) is 32.3 Å². The molecule has 0 N–H and O–H groups in total. The first-order chi connectivity index (χ1) is 6.57. The molecule has 0 saturated heterocycles. The molecule has 1 rings (SSSR count). The summed E-state index contributed by atoms with van der Waals surface area (Å²) in [6, 6.07) is 2.63. The fourth-order valence-corrected chi connectivity index (χ4v) is 1.31. The third-order valence-corrected chi connectivity index (χ3v) is 2.30. The Morgan fingerprint density at radius 2 is 2.14 bits per heavy atom. The zero-order valence-electron chi connectivity index (χ0n) is 7.29. The zero-order chi connectivity index (χ0) is 10.7. The molecule has 0 aliphatic rings. The van der Waals surface area contributed by atoms with Crippen LogP contribution in [-0.4, -0.2) is 11.5 Å². The molecule has 0 heterocycles. The highest BCUT2D eigenvalue weighted by atomic mass is 35.5. The van der Waals surface area contributed by atoms with Crippen molar-refractivity contribution in [3.63, 3.8) is 0 Å². The lowest BCUT2D eigenvalue weighted by molar-refractivity contribution is -0.385. The van der Waals surface area contributed by atoms with E-state index in [1.54, 1.807) is 6.92 Å². The summed E-state index contributed by atoms with van der Waals surface area (Å²) >= 11 is 11.5. The molecular weight excluding hydrogens is 229 g/mol. The van der Waals surface area contributed by atoms with Gasteiger partial charge in [0.2, 0.25) is 5.75 Å². The van der Waals surface area contributed by atoms with Crippen LogP contribution in [0.4, 0.5) is 5.69 Å². The number of hydrogen-bond donors (Lipinski definition) is 0.